The van der Waals surface area contributed by atoms with Gasteiger partial charge in [0, 0.05) is 12.7 Å². The molecule has 0 fully saturated rings. The van der Waals surface area contributed by atoms with Gasteiger partial charge < -0.3 is 14.6 Å². The Bertz CT molecular complexity index is 168. The maximum atomic E-state index is 9.10. The minimum atomic E-state index is -0.685. The van der Waals surface area contributed by atoms with Crippen LogP contribution in [0.2, 0.25) is 0 Å². The molecule has 0 aliphatic heterocycles. The molecule has 0 aromatic carbocycles. The summed E-state index contributed by atoms with van der Waals surface area (Å²) in [5, 5.41) is 16.3. The number of hydrogen-bond donors (Lipinski definition) is 2. The summed E-state index contributed by atoms with van der Waals surface area (Å²) in [5.74, 6) is 0.00477. The van der Waals surface area contributed by atoms with Gasteiger partial charge in [-0.2, -0.15) is 0 Å². The Kier molecular flexibility index (Phi) is 5.32. The number of aliphatic hydroxyl groups excluding tert-OH is 1. The SMILES string of the molecule is C=C(C)C(=N)OCC(O)COC. The predicted octanol–water partition coefficient (Wildman–Crippen LogP) is 0.564. The van der Waals surface area contributed by atoms with Crippen molar-refractivity contribution in [1.29, 1.82) is 5.41 Å². The van der Waals surface area contributed by atoms with Crippen LogP contribution >= 0.6 is 0 Å². The van der Waals surface area contributed by atoms with Gasteiger partial charge in [0.25, 0.3) is 0 Å². The predicted molar refractivity (Wildman–Crippen MR) is 46.4 cm³/mol. The van der Waals surface area contributed by atoms with E-state index in [4.69, 9.17) is 15.3 Å². The first-order valence-electron chi connectivity index (χ1n) is 3.62. The van der Waals surface area contributed by atoms with E-state index in [0.29, 0.717) is 5.57 Å². The molecule has 0 aliphatic rings. The Morgan fingerprint density at radius 2 is 2.17 bits per heavy atom. The van der Waals surface area contributed by atoms with Gasteiger partial charge in [-0.05, 0) is 6.92 Å². The van der Waals surface area contributed by atoms with Crippen LogP contribution in [0.3, 0.4) is 0 Å². The lowest BCUT2D eigenvalue weighted by Crippen LogP contribution is -2.22. The molecule has 12 heavy (non-hydrogen) atoms. The Morgan fingerprint density at radius 3 is 2.58 bits per heavy atom. The van der Waals surface area contributed by atoms with Gasteiger partial charge in [-0.25, -0.2) is 0 Å². The van der Waals surface area contributed by atoms with E-state index in [9.17, 15) is 0 Å². The zero-order chi connectivity index (χ0) is 9.56. The topological polar surface area (TPSA) is 62.5 Å². The molecule has 0 bridgehead atoms. The summed E-state index contributed by atoms with van der Waals surface area (Å²) >= 11 is 0. The van der Waals surface area contributed by atoms with Crippen molar-refractivity contribution in [3.8, 4) is 0 Å². The van der Waals surface area contributed by atoms with Gasteiger partial charge in [-0.15, -0.1) is 0 Å². The fourth-order valence-electron chi connectivity index (χ4n) is 0.543. The van der Waals surface area contributed by atoms with Gasteiger partial charge >= 0.3 is 0 Å². The second kappa shape index (κ2) is 5.74. The van der Waals surface area contributed by atoms with E-state index in [1.165, 1.54) is 7.11 Å². The molecule has 70 valence electrons. The van der Waals surface area contributed by atoms with Gasteiger partial charge in [0.1, 0.15) is 12.7 Å². The summed E-state index contributed by atoms with van der Waals surface area (Å²) < 4.78 is 9.54. The summed E-state index contributed by atoms with van der Waals surface area (Å²) in [7, 11) is 1.49. The third-order valence-corrected chi connectivity index (χ3v) is 1.17. The zero-order valence-corrected chi connectivity index (χ0v) is 7.46. The molecule has 0 saturated heterocycles. The van der Waals surface area contributed by atoms with Crippen LogP contribution in [0.4, 0.5) is 0 Å². The van der Waals surface area contributed by atoms with Crippen molar-refractivity contribution >= 4 is 5.90 Å². The lowest BCUT2D eigenvalue weighted by atomic mass is 10.3. The second-order valence-electron chi connectivity index (χ2n) is 2.53. The summed E-state index contributed by atoms with van der Waals surface area (Å²) in [5.41, 5.74) is 0.541. The number of methoxy groups -OCH3 is 1. The number of aliphatic hydroxyl groups is 1. The molecule has 4 heteroatoms. The Hall–Kier alpha value is -0.870. The largest absolute Gasteiger partial charge is 0.475 e. The van der Waals surface area contributed by atoms with E-state index in [2.05, 4.69) is 11.3 Å². The van der Waals surface area contributed by atoms with Crippen molar-refractivity contribution in [2.24, 2.45) is 0 Å². The standard InChI is InChI=1S/C8H15NO3/c1-6(2)8(9)12-5-7(10)4-11-3/h7,9-10H,1,4-5H2,2-3H3. The quantitative estimate of drug-likeness (QED) is 0.471. The molecule has 0 aromatic rings. The van der Waals surface area contributed by atoms with Crippen molar-refractivity contribution in [3.63, 3.8) is 0 Å². The summed E-state index contributed by atoms with van der Waals surface area (Å²) in [6.45, 7) is 5.47. The number of ether oxygens (including phenoxy) is 2. The minimum Gasteiger partial charge on any atom is -0.475 e. The fourth-order valence-corrected chi connectivity index (χ4v) is 0.543. The molecular weight excluding hydrogens is 158 g/mol. The van der Waals surface area contributed by atoms with E-state index < -0.39 is 6.10 Å². The van der Waals surface area contributed by atoms with Crippen LogP contribution in [-0.2, 0) is 9.47 Å². The van der Waals surface area contributed by atoms with E-state index in [1.807, 2.05) is 0 Å². The van der Waals surface area contributed by atoms with E-state index in [1.54, 1.807) is 6.92 Å². The Labute approximate surface area is 72.3 Å². The van der Waals surface area contributed by atoms with Crippen LogP contribution in [-0.4, -0.2) is 37.4 Å². The molecule has 0 aromatic heterocycles. The first-order chi connectivity index (χ1) is 5.57. The maximum absolute atomic E-state index is 9.10. The molecule has 0 radical (unpaired) electrons. The highest BCUT2D eigenvalue weighted by atomic mass is 16.5. The van der Waals surface area contributed by atoms with Crippen LogP contribution in [0.25, 0.3) is 0 Å². The molecule has 0 amide bonds. The molecule has 0 saturated carbocycles. The van der Waals surface area contributed by atoms with Gasteiger partial charge in [-0.3, -0.25) is 5.41 Å². The van der Waals surface area contributed by atoms with Gasteiger partial charge in [0.05, 0.1) is 6.61 Å². The molecular formula is C8H15NO3. The van der Waals surface area contributed by atoms with Crippen molar-refractivity contribution in [1.82, 2.24) is 0 Å². The third kappa shape index (κ3) is 4.87. The second-order valence-corrected chi connectivity index (χ2v) is 2.53. The molecule has 0 heterocycles. The summed E-state index contributed by atoms with van der Waals surface area (Å²) in [6.07, 6.45) is -0.685. The summed E-state index contributed by atoms with van der Waals surface area (Å²) in [6, 6.07) is 0. The molecule has 2 N–H and O–H groups in total. The number of nitrogens with one attached hydrogen (secondary N) is 1. The highest BCUT2D eigenvalue weighted by Gasteiger charge is 2.05. The normalized spacial score (nSPS) is 12.2. The molecule has 1 unspecified atom stereocenters. The van der Waals surface area contributed by atoms with E-state index >= 15 is 0 Å². The van der Waals surface area contributed by atoms with E-state index in [0.717, 1.165) is 0 Å². The van der Waals surface area contributed by atoms with Crippen LogP contribution in [0.5, 0.6) is 0 Å². The van der Waals surface area contributed by atoms with Crippen LogP contribution in [0.15, 0.2) is 12.2 Å². The van der Waals surface area contributed by atoms with Crippen molar-refractivity contribution in [2.45, 2.75) is 13.0 Å². The van der Waals surface area contributed by atoms with Crippen LogP contribution in [0.1, 0.15) is 6.92 Å². The minimum absolute atomic E-state index is 0.00477. The molecule has 1 atom stereocenters. The average Bonchev–Trinajstić information content (AvgIpc) is 2.00. The zero-order valence-electron chi connectivity index (χ0n) is 7.46. The molecule has 4 nitrogen and oxygen atoms in total. The lowest BCUT2D eigenvalue weighted by Gasteiger charge is -2.11. The van der Waals surface area contributed by atoms with Crippen LogP contribution < -0.4 is 0 Å². The number of rotatable bonds is 5. The van der Waals surface area contributed by atoms with Crippen molar-refractivity contribution in [3.05, 3.63) is 12.2 Å². The lowest BCUT2D eigenvalue weighted by molar-refractivity contribution is 0.0292. The van der Waals surface area contributed by atoms with E-state index in [-0.39, 0.29) is 19.1 Å². The smallest absolute Gasteiger partial charge is 0.208 e. The van der Waals surface area contributed by atoms with Crippen molar-refractivity contribution < 1.29 is 14.6 Å². The van der Waals surface area contributed by atoms with Crippen LogP contribution in [0, 0.1) is 5.41 Å². The average molecular weight is 173 g/mol. The van der Waals surface area contributed by atoms with Gasteiger partial charge in [0.15, 0.2) is 0 Å². The molecule has 0 aliphatic carbocycles. The first-order valence-corrected chi connectivity index (χ1v) is 3.62. The Balaban J connectivity index is 3.54. The highest BCUT2D eigenvalue weighted by Crippen LogP contribution is 1.94. The van der Waals surface area contributed by atoms with Gasteiger partial charge in [-0.1, -0.05) is 6.58 Å². The van der Waals surface area contributed by atoms with Gasteiger partial charge in [0.2, 0.25) is 5.90 Å². The Morgan fingerprint density at radius 1 is 1.58 bits per heavy atom. The monoisotopic (exact) mass is 173 g/mol. The maximum Gasteiger partial charge on any atom is 0.208 e. The fraction of sp³-hybridized carbons (Fsp3) is 0.625. The molecule has 0 rings (SSSR count). The first kappa shape index (κ1) is 11.1. The molecule has 0 spiro atoms. The third-order valence-electron chi connectivity index (χ3n) is 1.17. The highest BCUT2D eigenvalue weighted by molar-refractivity contribution is 5.89. The van der Waals surface area contributed by atoms with Crippen molar-refractivity contribution in [2.75, 3.05) is 20.3 Å². The summed E-state index contributed by atoms with van der Waals surface area (Å²) in [4.78, 5) is 0. The number of hydrogen-bond acceptors (Lipinski definition) is 4.